The molecule has 4 fully saturated rings. The summed E-state index contributed by atoms with van der Waals surface area (Å²) in [5.41, 5.74) is 9.97. The molecule has 4 bridgehead atoms. The third-order valence-electron chi connectivity index (χ3n) is 13.3. The van der Waals surface area contributed by atoms with Gasteiger partial charge in [-0.2, -0.15) is 5.26 Å². The van der Waals surface area contributed by atoms with E-state index in [2.05, 4.69) is 95.6 Å². The number of rotatable bonds is 5. The molecule has 3 heterocycles. The minimum Gasteiger partial charge on any atom is -0.455 e. The molecule has 3 aromatic heterocycles. The van der Waals surface area contributed by atoms with Crippen molar-refractivity contribution >= 4 is 43.7 Å². The van der Waals surface area contributed by atoms with E-state index in [1.54, 1.807) is 0 Å². The Hall–Kier alpha value is -6.58. The second kappa shape index (κ2) is 12.0. The molecule has 6 nitrogen and oxygen atoms in total. The number of fused-ring (bicyclic) bond motifs is 6. The molecule has 0 saturated heterocycles. The lowest BCUT2D eigenvalue weighted by atomic mass is 9.48. The zero-order valence-corrected chi connectivity index (χ0v) is 30.8. The fraction of sp³-hybridized carbons (Fsp3) is 0.200. The van der Waals surface area contributed by atoms with Crippen molar-refractivity contribution in [1.29, 1.82) is 5.26 Å². The van der Waals surface area contributed by atoms with Crippen molar-refractivity contribution in [2.45, 2.75) is 43.9 Å². The van der Waals surface area contributed by atoms with Crippen molar-refractivity contribution in [3.05, 3.63) is 145 Å². The lowest BCUT2D eigenvalue weighted by Gasteiger charge is -2.57. The summed E-state index contributed by atoms with van der Waals surface area (Å²) in [6.07, 6.45) is 8.33. The second-order valence-corrected chi connectivity index (χ2v) is 16.6. The minimum atomic E-state index is 0.329. The van der Waals surface area contributed by atoms with Gasteiger partial charge in [-0.3, -0.25) is 0 Å². The van der Waals surface area contributed by atoms with Gasteiger partial charge in [0.2, 0.25) is 0 Å². The first kappa shape index (κ1) is 31.7. The molecule has 0 atom stereocenters. The van der Waals surface area contributed by atoms with Gasteiger partial charge in [0.1, 0.15) is 11.2 Å². The number of nitrogens with zero attached hydrogens (tertiary/aromatic N) is 5. The number of hydrogen-bond acceptors (Lipinski definition) is 5. The lowest BCUT2D eigenvalue weighted by molar-refractivity contribution is -0.00518. The molecule has 56 heavy (non-hydrogen) atoms. The van der Waals surface area contributed by atoms with Gasteiger partial charge in [0.05, 0.1) is 28.2 Å². The van der Waals surface area contributed by atoms with Crippen LogP contribution in [0, 0.1) is 29.1 Å². The third-order valence-corrected chi connectivity index (χ3v) is 13.3. The van der Waals surface area contributed by atoms with Crippen LogP contribution in [0.1, 0.15) is 49.7 Å². The molecule has 4 saturated carbocycles. The Balaban J connectivity index is 0.985. The summed E-state index contributed by atoms with van der Waals surface area (Å²) < 4.78 is 8.74. The van der Waals surface area contributed by atoms with Gasteiger partial charge in [-0.15, -0.1) is 0 Å². The first-order valence-corrected chi connectivity index (χ1v) is 19.9. The van der Waals surface area contributed by atoms with E-state index in [4.69, 9.17) is 19.4 Å². The summed E-state index contributed by atoms with van der Waals surface area (Å²) in [5, 5.41) is 13.9. The first-order chi connectivity index (χ1) is 27.6. The molecule has 0 N–H and O–H groups in total. The van der Waals surface area contributed by atoms with Gasteiger partial charge in [-0.1, -0.05) is 72.8 Å². The third kappa shape index (κ3) is 4.83. The van der Waals surface area contributed by atoms with Gasteiger partial charge >= 0.3 is 0 Å². The van der Waals surface area contributed by atoms with E-state index in [1.807, 2.05) is 48.5 Å². The molecular formula is C50H37N5O. The highest BCUT2D eigenvalue weighted by molar-refractivity contribution is 6.10. The number of hydrogen-bond donors (Lipinski definition) is 0. The van der Waals surface area contributed by atoms with E-state index >= 15 is 0 Å². The quantitative estimate of drug-likeness (QED) is 0.177. The van der Waals surface area contributed by atoms with E-state index < -0.39 is 0 Å². The Morgan fingerprint density at radius 2 is 1.18 bits per heavy atom. The van der Waals surface area contributed by atoms with Crippen molar-refractivity contribution < 1.29 is 4.42 Å². The van der Waals surface area contributed by atoms with Gasteiger partial charge in [-0.05, 0) is 128 Å². The summed E-state index contributed by atoms with van der Waals surface area (Å²) >= 11 is 0. The van der Waals surface area contributed by atoms with Crippen LogP contribution in [0.15, 0.2) is 138 Å². The number of furan rings is 1. The molecule has 9 aromatic rings. The summed E-state index contributed by atoms with van der Waals surface area (Å²) in [7, 11) is 0. The smallest absolute Gasteiger partial charge is 0.167 e. The largest absolute Gasteiger partial charge is 0.455 e. The number of aromatic nitrogens is 4. The van der Waals surface area contributed by atoms with Gasteiger partial charge in [0.15, 0.2) is 17.5 Å². The molecule has 0 aliphatic heterocycles. The highest BCUT2D eigenvalue weighted by Gasteiger charge is 2.51. The zero-order valence-electron chi connectivity index (χ0n) is 30.8. The Bertz CT molecular complexity index is 3040. The van der Waals surface area contributed by atoms with E-state index in [0.717, 1.165) is 83.9 Å². The van der Waals surface area contributed by atoms with E-state index in [-0.39, 0.29) is 0 Å². The van der Waals surface area contributed by atoms with Crippen molar-refractivity contribution in [2.24, 2.45) is 17.8 Å². The number of nitriles is 1. The van der Waals surface area contributed by atoms with Crippen LogP contribution in [0.4, 0.5) is 0 Å². The average Bonchev–Trinajstić information content (AvgIpc) is 3.79. The van der Waals surface area contributed by atoms with Gasteiger partial charge in [0.25, 0.3) is 0 Å². The predicted octanol–water partition coefficient (Wildman–Crippen LogP) is 12.2. The van der Waals surface area contributed by atoms with Crippen molar-refractivity contribution in [1.82, 2.24) is 19.5 Å². The van der Waals surface area contributed by atoms with Gasteiger partial charge in [-0.25, -0.2) is 15.0 Å². The molecule has 0 amide bonds. The maximum atomic E-state index is 9.63. The Kier molecular flexibility index (Phi) is 6.78. The van der Waals surface area contributed by atoms with Gasteiger partial charge in [0, 0.05) is 38.4 Å². The summed E-state index contributed by atoms with van der Waals surface area (Å²) in [6.45, 7) is 0. The maximum Gasteiger partial charge on any atom is 0.167 e. The Morgan fingerprint density at radius 1 is 0.571 bits per heavy atom. The van der Waals surface area contributed by atoms with Gasteiger partial charge < -0.3 is 8.98 Å². The maximum absolute atomic E-state index is 9.63. The molecule has 6 heteroatoms. The molecule has 268 valence electrons. The molecule has 0 radical (unpaired) electrons. The topological polar surface area (TPSA) is 80.5 Å². The van der Waals surface area contributed by atoms with Crippen LogP contribution in [-0.4, -0.2) is 19.5 Å². The molecule has 6 aromatic carbocycles. The molecule has 4 aliphatic rings. The van der Waals surface area contributed by atoms with Crippen LogP contribution in [-0.2, 0) is 5.41 Å². The minimum absolute atomic E-state index is 0.329. The van der Waals surface area contributed by atoms with E-state index in [0.29, 0.717) is 28.5 Å². The zero-order chi connectivity index (χ0) is 37.0. The summed E-state index contributed by atoms with van der Waals surface area (Å²) in [4.78, 5) is 15.5. The number of benzene rings is 6. The van der Waals surface area contributed by atoms with Crippen LogP contribution in [0.2, 0.25) is 0 Å². The SMILES string of the molecule is N#Cc1ccc2c(c1)c1ccccc1n2-c1ccc(-c2nc(-c3ccc(C45C[C@H]6C[C@@H](C4)C[C@@H](C5)C6)cc3)nc(-c3cccc4c3oc3ccccc34)n2)cc1. The van der Waals surface area contributed by atoms with Crippen LogP contribution in [0.25, 0.3) is 83.6 Å². The van der Waals surface area contributed by atoms with Crippen molar-refractivity contribution in [2.75, 3.05) is 0 Å². The molecular weight excluding hydrogens is 687 g/mol. The standard InChI is InChI=1S/C50H37N5O/c51-29-30-12-21-44-42(25-30)38-6-1-3-10-43(38)55(44)37-19-15-35(16-20-37)48-52-47(34-13-17-36(18-14-34)50-26-31-22-32(27-50)24-33(23-31)28-50)53-49(54-48)41-9-5-8-40-39-7-2-4-11-45(39)56-46(40)41/h1-21,25,31-33H,22-24,26-28H2/t31-,32+,33-,50?. The molecule has 0 unspecified atom stereocenters. The van der Waals surface area contributed by atoms with E-state index in [1.165, 1.54) is 44.1 Å². The monoisotopic (exact) mass is 723 g/mol. The van der Waals surface area contributed by atoms with Crippen molar-refractivity contribution in [3.8, 4) is 45.9 Å². The summed E-state index contributed by atoms with van der Waals surface area (Å²) in [6, 6.07) is 48.6. The van der Waals surface area contributed by atoms with Crippen LogP contribution in [0.3, 0.4) is 0 Å². The Labute approximate surface area is 324 Å². The highest BCUT2D eigenvalue weighted by atomic mass is 16.3. The highest BCUT2D eigenvalue weighted by Crippen LogP contribution is 2.60. The normalized spacial score (nSPS) is 21.4. The number of para-hydroxylation sites is 3. The fourth-order valence-electron chi connectivity index (χ4n) is 11.2. The van der Waals surface area contributed by atoms with Crippen LogP contribution in [0.5, 0.6) is 0 Å². The van der Waals surface area contributed by atoms with Crippen LogP contribution < -0.4 is 0 Å². The predicted molar refractivity (Wildman–Crippen MR) is 222 cm³/mol. The molecule has 13 rings (SSSR count). The fourth-order valence-corrected chi connectivity index (χ4v) is 11.2. The Morgan fingerprint density at radius 3 is 1.89 bits per heavy atom. The first-order valence-electron chi connectivity index (χ1n) is 19.9. The second-order valence-electron chi connectivity index (χ2n) is 16.6. The molecule has 4 aliphatic carbocycles. The molecule has 0 spiro atoms. The lowest BCUT2D eigenvalue weighted by Crippen LogP contribution is -2.48. The average molecular weight is 724 g/mol. The summed E-state index contributed by atoms with van der Waals surface area (Å²) in [5.74, 6) is 4.53. The van der Waals surface area contributed by atoms with Crippen molar-refractivity contribution in [3.63, 3.8) is 0 Å². The van der Waals surface area contributed by atoms with E-state index in [9.17, 15) is 5.26 Å². The van der Waals surface area contributed by atoms with Crippen LogP contribution >= 0.6 is 0 Å².